The van der Waals surface area contributed by atoms with E-state index in [0.717, 1.165) is 36.0 Å². The average Bonchev–Trinajstić information content (AvgIpc) is 2.33. The summed E-state index contributed by atoms with van der Waals surface area (Å²) in [5.41, 5.74) is 0.00259. The van der Waals surface area contributed by atoms with Crippen LogP contribution in [0, 0.1) is 29.6 Å². The highest BCUT2D eigenvalue weighted by atomic mass is 16.3. The molecular weight excluding hydrogens is 210 g/mol. The van der Waals surface area contributed by atoms with Crippen LogP contribution in [0.25, 0.3) is 0 Å². The number of aliphatic hydroxyl groups excluding tert-OH is 1. The van der Waals surface area contributed by atoms with Gasteiger partial charge in [-0.2, -0.15) is 0 Å². The molecule has 0 aromatic heterocycles. The number of rotatable bonds is 4. The van der Waals surface area contributed by atoms with E-state index in [2.05, 4.69) is 12.2 Å². The van der Waals surface area contributed by atoms with Crippen LogP contribution < -0.4 is 5.32 Å². The lowest BCUT2D eigenvalue weighted by Gasteiger charge is -2.59. The molecule has 4 aliphatic carbocycles. The second kappa shape index (κ2) is 4.24. The van der Waals surface area contributed by atoms with Crippen LogP contribution in [0.3, 0.4) is 0 Å². The Hall–Kier alpha value is -0.0800. The fourth-order valence-corrected chi connectivity index (χ4v) is 5.70. The van der Waals surface area contributed by atoms with E-state index in [0.29, 0.717) is 6.61 Å². The van der Waals surface area contributed by atoms with Crippen molar-refractivity contribution in [2.45, 2.75) is 51.0 Å². The van der Waals surface area contributed by atoms with Gasteiger partial charge in [0, 0.05) is 5.54 Å². The van der Waals surface area contributed by atoms with Crippen molar-refractivity contribution >= 4 is 0 Å². The van der Waals surface area contributed by atoms with Gasteiger partial charge in [-0.25, -0.2) is 0 Å². The van der Waals surface area contributed by atoms with E-state index in [1.807, 2.05) is 7.05 Å². The maximum atomic E-state index is 9.90. The first kappa shape index (κ1) is 12.0. The number of hydrogen-bond donors (Lipinski definition) is 2. The van der Waals surface area contributed by atoms with Crippen molar-refractivity contribution in [3.8, 4) is 0 Å². The highest BCUT2D eigenvalue weighted by Gasteiger charge is 2.54. The van der Waals surface area contributed by atoms with Gasteiger partial charge in [0.15, 0.2) is 0 Å². The van der Waals surface area contributed by atoms with Gasteiger partial charge in [0.2, 0.25) is 0 Å². The molecule has 0 aromatic carbocycles. The second-order valence-corrected chi connectivity index (χ2v) is 6.87. The van der Waals surface area contributed by atoms with E-state index in [1.165, 1.54) is 32.1 Å². The molecule has 4 bridgehead atoms. The Morgan fingerprint density at radius 3 is 1.94 bits per heavy atom. The van der Waals surface area contributed by atoms with Crippen LogP contribution in [0.5, 0.6) is 0 Å². The van der Waals surface area contributed by atoms with Crippen molar-refractivity contribution in [3.63, 3.8) is 0 Å². The first-order valence-corrected chi connectivity index (χ1v) is 7.52. The van der Waals surface area contributed by atoms with Gasteiger partial charge in [-0.05, 0) is 75.2 Å². The Labute approximate surface area is 105 Å². The van der Waals surface area contributed by atoms with Gasteiger partial charge < -0.3 is 10.4 Å². The van der Waals surface area contributed by atoms with Gasteiger partial charge in [-0.15, -0.1) is 0 Å². The SMILES string of the molecule is CCC(CO)(NC)C1C2CC3CC(C2)CC1C3. The minimum Gasteiger partial charge on any atom is -0.394 e. The summed E-state index contributed by atoms with van der Waals surface area (Å²) in [6, 6.07) is 0. The minimum atomic E-state index is 0.00259. The summed E-state index contributed by atoms with van der Waals surface area (Å²) >= 11 is 0. The number of aliphatic hydroxyl groups is 1. The maximum absolute atomic E-state index is 9.90. The van der Waals surface area contributed by atoms with Crippen molar-refractivity contribution in [1.82, 2.24) is 5.32 Å². The van der Waals surface area contributed by atoms with Crippen LogP contribution >= 0.6 is 0 Å². The number of hydrogen-bond acceptors (Lipinski definition) is 2. The Morgan fingerprint density at radius 2 is 1.59 bits per heavy atom. The quantitative estimate of drug-likeness (QED) is 0.787. The zero-order chi connectivity index (χ0) is 12.0. The predicted octanol–water partition coefficient (Wildman–Crippen LogP) is 2.42. The Balaban J connectivity index is 1.87. The van der Waals surface area contributed by atoms with E-state index < -0.39 is 0 Å². The molecule has 2 heteroatoms. The highest BCUT2D eigenvalue weighted by molar-refractivity contribution is 5.07. The summed E-state index contributed by atoms with van der Waals surface area (Å²) in [6.45, 7) is 2.55. The molecule has 4 saturated carbocycles. The molecule has 0 saturated heterocycles. The summed E-state index contributed by atoms with van der Waals surface area (Å²) in [7, 11) is 2.05. The van der Waals surface area contributed by atoms with Crippen LogP contribution in [-0.2, 0) is 0 Å². The highest BCUT2D eigenvalue weighted by Crippen LogP contribution is 2.59. The molecule has 4 rings (SSSR count). The third-order valence-corrected chi connectivity index (χ3v) is 6.28. The lowest BCUT2D eigenvalue weighted by atomic mass is 9.48. The molecule has 2 nitrogen and oxygen atoms in total. The zero-order valence-electron chi connectivity index (χ0n) is 11.3. The smallest absolute Gasteiger partial charge is 0.0616 e. The van der Waals surface area contributed by atoms with Crippen molar-refractivity contribution in [3.05, 3.63) is 0 Å². The average molecular weight is 237 g/mol. The van der Waals surface area contributed by atoms with E-state index in [4.69, 9.17) is 0 Å². The lowest BCUT2D eigenvalue weighted by Crippen LogP contribution is -2.61. The minimum absolute atomic E-state index is 0.00259. The fourth-order valence-electron chi connectivity index (χ4n) is 5.70. The summed E-state index contributed by atoms with van der Waals surface area (Å²) in [5.74, 6) is 4.57. The van der Waals surface area contributed by atoms with Crippen molar-refractivity contribution in [2.75, 3.05) is 13.7 Å². The fraction of sp³-hybridized carbons (Fsp3) is 1.00. The van der Waals surface area contributed by atoms with Crippen molar-refractivity contribution < 1.29 is 5.11 Å². The monoisotopic (exact) mass is 237 g/mol. The molecule has 0 amide bonds. The third-order valence-electron chi connectivity index (χ3n) is 6.28. The molecule has 1 unspecified atom stereocenters. The molecule has 4 aliphatic rings. The van der Waals surface area contributed by atoms with Crippen LogP contribution in [-0.4, -0.2) is 24.3 Å². The molecule has 0 radical (unpaired) electrons. The van der Waals surface area contributed by atoms with Gasteiger partial charge in [0.25, 0.3) is 0 Å². The van der Waals surface area contributed by atoms with Gasteiger partial charge in [-0.3, -0.25) is 0 Å². The maximum Gasteiger partial charge on any atom is 0.0616 e. The van der Waals surface area contributed by atoms with Crippen LogP contribution in [0.2, 0.25) is 0 Å². The predicted molar refractivity (Wildman–Crippen MR) is 69.7 cm³/mol. The first-order chi connectivity index (χ1) is 8.22. The van der Waals surface area contributed by atoms with Gasteiger partial charge in [-0.1, -0.05) is 6.92 Å². The van der Waals surface area contributed by atoms with E-state index in [-0.39, 0.29) is 5.54 Å². The summed E-state index contributed by atoms with van der Waals surface area (Å²) in [6.07, 6.45) is 8.36. The standard InChI is InChI=1S/C15H27NO/c1-3-15(9-17,16-2)14-12-5-10-4-11(7-12)8-13(14)6-10/h10-14,16-17H,3-9H2,1-2H3. The largest absolute Gasteiger partial charge is 0.394 e. The molecule has 17 heavy (non-hydrogen) atoms. The van der Waals surface area contributed by atoms with Crippen LogP contribution in [0.1, 0.15) is 45.4 Å². The zero-order valence-corrected chi connectivity index (χ0v) is 11.3. The van der Waals surface area contributed by atoms with Crippen LogP contribution in [0.15, 0.2) is 0 Å². The summed E-state index contributed by atoms with van der Waals surface area (Å²) in [5, 5.41) is 13.4. The number of nitrogens with one attached hydrogen (secondary N) is 1. The molecule has 2 N–H and O–H groups in total. The Bertz CT molecular complexity index is 248. The Kier molecular flexibility index (Phi) is 2.99. The molecule has 0 aromatic rings. The lowest BCUT2D eigenvalue weighted by molar-refractivity contribution is -0.0899. The number of likely N-dealkylation sites (N-methyl/N-ethyl adjacent to an activating group) is 1. The first-order valence-electron chi connectivity index (χ1n) is 7.52. The summed E-state index contributed by atoms with van der Waals surface area (Å²) in [4.78, 5) is 0. The molecule has 98 valence electrons. The molecule has 0 aliphatic heterocycles. The molecule has 1 atom stereocenters. The Morgan fingerprint density at radius 1 is 1.06 bits per heavy atom. The molecule has 0 spiro atoms. The molecule has 0 heterocycles. The van der Waals surface area contributed by atoms with E-state index >= 15 is 0 Å². The summed E-state index contributed by atoms with van der Waals surface area (Å²) < 4.78 is 0. The topological polar surface area (TPSA) is 32.3 Å². The normalized spacial score (nSPS) is 47.1. The molecule has 4 fully saturated rings. The van der Waals surface area contributed by atoms with Gasteiger partial charge in [0.05, 0.1) is 6.61 Å². The van der Waals surface area contributed by atoms with Crippen molar-refractivity contribution in [2.24, 2.45) is 29.6 Å². The van der Waals surface area contributed by atoms with E-state index in [1.54, 1.807) is 0 Å². The third kappa shape index (κ3) is 1.67. The van der Waals surface area contributed by atoms with Gasteiger partial charge >= 0.3 is 0 Å². The van der Waals surface area contributed by atoms with E-state index in [9.17, 15) is 5.11 Å². The van der Waals surface area contributed by atoms with Crippen LogP contribution in [0.4, 0.5) is 0 Å². The molecular formula is C15H27NO. The second-order valence-electron chi connectivity index (χ2n) is 6.87. The van der Waals surface area contributed by atoms with Crippen molar-refractivity contribution in [1.29, 1.82) is 0 Å². The van der Waals surface area contributed by atoms with Gasteiger partial charge in [0.1, 0.15) is 0 Å².